The van der Waals surface area contributed by atoms with Crippen LogP contribution in [0.3, 0.4) is 0 Å². The monoisotopic (exact) mass is 292 g/mol. The largest absolute Gasteiger partial charge is 0.457 e. The van der Waals surface area contributed by atoms with E-state index in [-0.39, 0.29) is 0 Å². The number of anilines is 1. The highest BCUT2D eigenvalue weighted by Gasteiger charge is 2.44. The number of nitrogens with one attached hydrogen (secondary N) is 1. The lowest BCUT2D eigenvalue weighted by molar-refractivity contribution is 0.479. The van der Waals surface area contributed by atoms with Crippen LogP contribution >= 0.6 is 0 Å². The summed E-state index contributed by atoms with van der Waals surface area (Å²) in [6.07, 6.45) is 0. The van der Waals surface area contributed by atoms with E-state index in [0.717, 1.165) is 15.4 Å². The Balaban J connectivity index is 1.72. The van der Waals surface area contributed by atoms with Gasteiger partial charge in [-0.15, -0.1) is 0 Å². The number of hydrogen-bond donors (Lipinski definition) is 2. The van der Waals surface area contributed by atoms with Gasteiger partial charge < -0.3 is 4.74 Å². The van der Waals surface area contributed by atoms with Gasteiger partial charge in [0.05, 0.1) is 5.69 Å². The van der Waals surface area contributed by atoms with Gasteiger partial charge in [-0.05, 0) is 36.4 Å². The van der Waals surface area contributed by atoms with Gasteiger partial charge in [-0.1, -0.05) is 23.0 Å². The maximum Gasteiger partial charge on any atom is 0.328 e. The summed E-state index contributed by atoms with van der Waals surface area (Å²) in [5, 5.41) is 1.00. The fraction of sp³-hybridized carbons (Fsp3) is 0. The Hall–Kier alpha value is -2.13. The maximum atomic E-state index is 11.1. The average Bonchev–Trinajstić information content (AvgIpc) is 3.09. The molecule has 0 amide bonds. The first-order valence-corrected chi connectivity index (χ1v) is 7.21. The van der Waals surface area contributed by atoms with Gasteiger partial charge in [0.25, 0.3) is 0 Å². The zero-order chi connectivity index (χ0) is 14.2. The second kappa shape index (κ2) is 4.76. The molecule has 0 aliphatic carbocycles. The number of para-hydroxylation sites is 1. The molecular formula is C12H12N4O3S. The van der Waals surface area contributed by atoms with Gasteiger partial charge in [-0.3, -0.25) is 0 Å². The van der Waals surface area contributed by atoms with Crippen molar-refractivity contribution in [1.29, 1.82) is 0 Å². The van der Waals surface area contributed by atoms with Crippen molar-refractivity contribution < 1.29 is 13.2 Å². The summed E-state index contributed by atoms with van der Waals surface area (Å²) in [6, 6.07) is 16.1. The number of nitrogens with two attached hydrogens (primary N) is 1. The summed E-state index contributed by atoms with van der Waals surface area (Å²) in [5.74, 6) is 7.01. The molecule has 0 bridgehead atoms. The molecular weight excluding hydrogens is 280 g/mol. The lowest BCUT2D eigenvalue weighted by atomic mass is 10.3. The Labute approximate surface area is 116 Å². The van der Waals surface area contributed by atoms with Crippen molar-refractivity contribution in [3.05, 3.63) is 54.6 Å². The highest BCUT2D eigenvalue weighted by Crippen LogP contribution is 2.25. The van der Waals surface area contributed by atoms with Crippen molar-refractivity contribution in [3.8, 4) is 11.5 Å². The lowest BCUT2D eigenvalue weighted by Crippen LogP contribution is -2.38. The minimum absolute atomic E-state index is 0.513. The Morgan fingerprint density at radius 2 is 1.55 bits per heavy atom. The summed E-state index contributed by atoms with van der Waals surface area (Å²) in [4.78, 5) is 2.14. The van der Waals surface area contributed by atoms with Gasteiger partial charge in [-0.25, -0.2) is 11.0 Å². The van der Waals surface area contributed by atoms with Gasteiger partial charge in [0, 0.05) is 4.52 Å². The van der Waals surface area contributed by atoms with Crippen LogP contribution < -0.4 is 20.5 Å². The minimum atomic E-state index is -3.41. The molecule has 0 saturated carbocycles. The zero-order valence-corrected chi connectivity index (χ0v) is 11.1. The van der Waals surface area contributed by atoms with Crippen LogP contribution in [-0.2, 0) is 10.2 Å². The van der Waals surface area contributed by atoms with E-state index in [9.17, 15) is 8.42 Å². The predicted molar refractivity (Wildman–Crippen MR) is 73.5 cm³/mol. The SMILES string of the molecule is NN(c1ccc(Oc2ccccc2)cc1)N1NS1(=O)=O. The summed E-state index contributed by atoms with van der Waals surface area (Å²) in [7, 11) is -3.41. The number of hydrogen-bond acceptors (Lipinski definition) is 5. The Kier molecular flexibility index (Phi) is 3.07. The molecule has 1 heterocycles. The van der Waals surface area contributed by atoms with E-state index >= 15 is 0 Å². The molecule has 104 valence electrons. The molecule has 1 fully saturated rings. The molecule has 3 N–H and O–H groups in total. The standard InChI is InChI=1S/C12H12N4O3S/c13-15(16-14-20(16,17)18)10-6-8-12(9-7-10)19-11-4-2-1-3-5-11/h1-9,14H,13H2. The number of benzene rings is 2. The van der Waals surface area contributed by atoms with E-state index in [4.69, 9.17) is 10.6 Å². The molecule has 7 nitrogen and oxygen atoms in total. The van der Waals surface area contributed by atoms with Gasteiger partial charge in [0.2, 0.25) is 0 Å². The summed E-state index contributed by atoms with van der Waals surface area (Å²) in [6.45, 7) is 0. The maximum absolute atomic E-state index is 11.1. The second-order valence-electron chi connectivity index (χ2n) is 4.09. The molecule has 0 spiro atoms. The van der Waals surface area contributed by atoms with Crippen molar-refractivity contribution >= 4 is 15.9 Å². The van der Waals surface area contributed by atoms with E-state index < -0.39 is 10.2 Å². The normalized spacial score (nSPS) is 19.4. The Bertz CT molecular complexity index is 703. The van der Waals surface area contributed by atoms with Crippen LogP contribution in [0.5, 0.6) is 11.5 Å². The first kappa shape index (κ1) is 12.9. The van der Waals surface area contributed by atoms with Crippen LogP contribution in [0.2, 0.25) is 0 Å². The van der Waals surface area contributed by atoms with E-state index in [1.54, 1.807) is 24.3 Å². The van der Waals surface area contributed by atoms with Crippen molar-refractivity contribution in [2.75, 3.05) is 5.12 Å². The smallest absolute Gasteiger partial charge is 0.328 e. The zero-order valence-electron chi connectivity index (χ0n) is 10.3. The van der Waals surface area contributed by atoms with E-state index in [0.29, 0.717) is 11.4 Å². The molecule has 0 radical (unpaired) electrons. The molecule has 1 unspecified atom stereocenters. The molecule has 20 heavy (non-hydrogen) atoms. The fourth-order valence-corrected chi connectivity index (χ4v) is 2.40. The first-order valence-electron chi connectivity index (χ1n) is 5.77. The lowest BCUT2D eigenvalue weighted by Gasteiger charge is -2.15. The van der Waals surface area contributed by atoms with Gasteiger partial charge in [0.15, 0.2) is 0 Å². The van der Waals surface area contributed by atoms with Crippen LogP contribution in [-0.4, -0.2) is 12.9 Å². The van der Waals surface area contributed by atoms with Gasteiger partial charge in [0.1, 0.15) is 11.5 Å². The Morgan fingerprint density at radius 3 is 2.10 bits per heavy atom. The van der Waals surface area contributed by atoms with E-state index in [1.807, 2.05) is 30.3 Å². The molecule has 2 aromatic rings. The number of rotatable bonds is 4. The third kappa shape index (κ3) is 2.58. The first-order chi connectivity index (χ1) is 9.56. The number of hydrazine groups is 3. The minimum Gasteiger partial charge on any atom is -0.457 e. The third-order valence-corrected chi connectivity index (χ3v) is 3.62. The number of nitrogens with zero attached hydrogens (tertiary/aromatic N) is 2. The third-order valence-electron chi connectivity index (χ3n) is 2.66. The summed E-state index contributed by atoms with van der Waals surface area (Å²) in [5.41, 5.74) is 0.513. The molecule has 3 rings (SSSR count). The van der Waals surface area contributed by atoms with Gasteiger partial charge in [-0.2, -0.15) is 8.42 Å². The van der Waals surface area contributed by atoms with Gasteiger partial charge >= 0.3 is 10.2 Å². The molecule has 1 saturated heterocycles. The molecule has 0 aromatic heterocycles. The molecule has 1 aliphatic rings. The van der Waals surface area contributed by atoms with Crippen molar-refractivity contribution in [2.45, 2.75) is 0 Å². The molecule has 1 atom stereocenters. The van der Waals surface area contributed by atoms with Crippen molar-refractivity contribution in [1.82, 2.24) is 9.35 Å². The molecule has 1 aliphatic heterocycles. The second-order valence-corrected chi connectivity index (χ2v) is 5.57. The van der Waals surface area contributed by atoms with Crippen LogP contribution in [0.1, 0.15) is 0 Å². The van der Waals surface area contributed by atoms with Crippen LogP contribution in [0.25, 0.3) is 0 Å². The highest BCUT2D eigenvalue weighted by atomic mass is 32.2. The topological polar surface area (TPSA) is 97.6 Å². The average molecular weight is 292 g/mol. The van der Waals surface area contributed by atoms with Crippen molar-refractivity contribution in [2.24, 2.45) is 5.84 Å². The highest BCUT2D eigenvalue weighted by molar-refractivity contribution is 7.92. The van der Waals surface area contributed by atoms with Crippen LogP contribution in [0, 0.1) is 0 Å². The Morgan fingerprint density at radius 1 is 1.00 bits per heavy atom. The fourth-order valence-electron chi connectivity index (χ4n) is 1.64. The quantitative estimate of drug-likeness (QED) is 0.500. The van der Waals surface area contributed by atoms with E-state index in [2.05, 4.69) is 4.83 Å². The predicted octanol–water partition coefficient (Wildman–Crippen LogP) is 1.14. The number of ether oxygens (including phenoxy) is 1. The summed E-state index contributed by atoms with van der Waals surface area (Å²) < 4.78 is 28.6. The van der Waals surface area contributed by atoms with E-state index in [1.165, 1.54) is 0 Å². The van der Waals surface area contributed by atoms with Crippen molar-refractivity contribution in [3.63, 3.8) is 0 Å². The van der Waals surface area contributed by atoms with Crippen LogP contribution in [0.15, 0.2) is 54.6 Å². The summed E-state index contributed by atoms with van der Waals surface area (Å²) >= 11 is 0. The molecule has 2 aromatic carbocycles. The van der Waals surface area contributed by atoms with Crippen LogP contribution in [0.4, 0.5) is 5.69 Å². The molecule has 8 heteroatoms.